The van der Waals surface area contributed by atoms with Crippen molar-refractivity contribution in [1.29, 1.82) is 0 Å². The van der Waals surface area contributed by atoms with Crippen LogP contribution in [0.4, 0.5) is 5.69 Å². The molecule has 3 aromatic carbocycles. The zero-order chi connectivity index (χ0) is 23.4. The Balaban J connectivity index is 1.72. The third-order valence-electron chi connectivity index (χ3n) is 5.19. The van der Waals surface area contributed by atoms with E-state index in [-0.39, 0.29) is 29.5 Å². The van der Waals surface area contributed by atoms with Crippen LogP contribution in [0.15, 0.2) is 90.5 Å². The van der Waals surface area contributed by atoms with E-state index in [1.807, 2.05) is 60.7 Å². The van der Waals surface area contributed by atoms with Gasteiger partial charge in [0, 0.05) is 12.1 Å². The Kier molecular flexibility index (Phi) is 6.37. The van der Waals surface area contributed by atoms with E-state index in [9.17, 15) is 19.7 Å². The van der Waals surface area contributed by atoms with Crippen LogP contribution in [0.5, 0.6) is 0 Å². The van der Waals surface area contributed by atoms with Crippen LogP contribution in [-0.4, -0.2) is 31.6 Å². The Labute approximate surface area is 195 Å². The van der Waals surface area contributed by atoms with Crippen molar-refractivity contribution in [2.24, 2.45) is 0 Å². The lowest BCUT2D eigenvalue weighted by Gasteiger charge is -2.36. The molecule has 164 valence electrons. The van der Waals surface area contributed by atoms with Gasteiger partial charge in [-0.1, -0.05) is 60.7 Å². The molecule has 0 aliphatic carbocycles. The zero-order valence-electron chi connectivity index (χ0n) is 17.5. The molecule has 33 heavy (non-hydrogen) atoms. The van der Waals surface area contributed by atoms with Crippen LogP contribution >= 0.6 is 12.2 Å². The van der Waals surface area contributed by atoms with E-state index in [1.165, 1.54) is 40.1 Å². The smallest absolute Gasteiger partial charge is 0.269 e. The number of thiocarbonyl (C=S) groups is 1. The standard InChI is InChI=1S/C25H19N3O4S/c29-23-22(15-18-11-13-21(14-12-18)28(31)32)24(30)27(17-20-9-5-2-6-10-20)25(33)26(23)16-19-7-3-1-4-8-19/h1-15H,16-17H2. The van der Waals surface area contributed by atoms with Crippen molar-refractivity contribution in [1.82, 2.24) is 9.80 Å². The number of nitro benzene ring substituents is 1. The quantitative estimate of drug-likeness (QED) is 0.181. The van der Waals surface area contributed by atoms with Gasteiger partial charge in [-0.2, -0.15) is 0 Å². The lowest BCUT2D eigenvalue weighted by molar-refractivity contribution is -0.384. The Morgan fingerprint density at radius 2 is 1.21 bits per heavy atom. The maximum atomic E-state index is 13.3. The molecule has 8 heteroatoms. The minimum absolute atomic E-state index is 0.0516. The van der Waals surface area contributed by atoms with E-state index in [1.54, 1.807) is 0 Å². The molecule has 1 aliphatic heterocycles. The lowest BCUT2D eigenvalue weighted by Crippen LogP contribution is -2.55. The summed E-state index contributed by atoms with van der Waals surface area (Å²) in [4.78, 5) is 39.9. The summed E-state index contributed by atoms with van der Waals surface area (Å²) < 4.78 is 0. The highest BCUT2D eigenvalue weighted by Gasteiger charge is 2.39. The minimum Gasteiger partial charge on any atom is -0.280 e. The van der Waals surface area contributed by atoms with Gasteiger partial charge in [0.25, 0.3) is 17.5 Å². The van der Waals surface area contributed by atoms with E-state index in [4.69, 9.17) is 12.2 Å². The number of nitrogens with zero attached hydrogens (tertiary/aromatic N) is 3. The molecule has 0 atom stereocenters. The van der Waals surface area contributed by atoms with Crippen molar-refractivity contribution < 1.29 is 14.5 Å². The van der Waals surface area contributed by atoms with Gasteiger partial charge in [-0.15, -0.1) is 0 Å². The van der Waals surface area contributed by atoms with Gasteiger partial charge in [0.2, 0.25) is 0 Å². The molecule has 0 saturated carbocycles. The van der Waals surface area contributed by atoms with Crippen LogP contribution in [0.3, 0.4) is 0 Å². The van der Waals surface area contributed by atoms with E-state index >= 15 is 0 Å². The molecule has 0 bridgehead atoms. The van der Waals surface area contributed by atoms with Crippen LogP contribution in [0, 0.1) is 10.1 Å². The first-order chi connectivity index (χ1) is 15.9. The van der Waals surface area contributed by atoms with E-state index in [2.05, 4.69) is 0 Å². The number of carbonyl (C=O) groups is 2. The summed E-state index contributed by atoms with van der Waals surface area (Å²) >= 11 is 5.57. The zero-order valence-corrected chi connectivity index (χ0v) is 18.3. The Bertz CT molecular complexity index is 1180. The van der Waals surface area contributed by atoms with Crippen LogP contribution in [0.25, 0.3) is 6.08 Å². The predicted molar refractivity (Wildman–Crippen MR) is 128 cm³/mol. The maximum Gasteiger partial charge on any atom is 0.269 e. The number of hydrogen-bond donors (Lipinski definition) is 0. The lowest BCUT2D eigenvalue weighted by atomic mass is 10.0. The number of carbonyl (C=O) groups excluding carboxylic acids is 2. The number of hydrogen-bond acceptors (Lipinski definition) is 5. The minimum atomic E-state index is -0.505. The van der Waals surface area contributed by atoms with Crippen LogP contribution in [-0.2, 0) is 22.7 Å². The molecule has 1 saturated heterocycles. The summed E-state index contributed by atoms with van der Waals surface area (Å²) in [5.74, 6) is -1.01. The van der Waals surface area contributed by atoms with Crippen molar-refractivity contribution in [3.8, 4) is 0 Å². The van der Waals surface area contributed by atoms with Crippen molar-refractivity contribution in [3.63, 3.8) is 0 Å². The molecule has 4 rings (SSSR count). The number of rotatable bonds is 6. The van der Waals surface area contributed by atoms with Crippen molar-refractivity contribution in [3.05, 3.63) is 117 Å². The number of nitro groups is 1. The fourth-order valence-electron chi connectivity index (χ4n) is 3.49. The Morgan fingerprint density at radius 1 is 0.758 bits per heavy atom. The first-order valence-electron chi connectivity index (χ1n) is 10.2. The first-order valence-corrected chi connectivity index (χ1v) is 10.6. The summed E-state index contributed by atoms with van der Waals surface area (Å²) in [6.45, 7) is 0.434. The van der Waals surface area contributed by atoms with Gasteiger partial charge in [0.15, 0.2) is 5.11 Å². The van der Waals surface area contributed by atoms with Gasteiger partial charge in [-0.05, 0) is 47.1 Å². The Hall–Kier alpha value is -4.17. The largest absolute Gasteiger partial charge is 0.280 e. The molecule has 0 aromatic heterocycles. The molecule has 1 aliphatic rings. The molecule has 0 radical (unpaired) electrons. The Morgan fingerprint density at radius 3 is 1.64 bits per heavy atom. The second-order valence-electron chi connectivity index (χ2n) is 7.44. The van der Waals surface area contributed by atoms with Gasteiger partial charge >= 0.3 is 0 Å². The van der Waals surface area contributed by atoms with Crippen molar-refractivity contribution in [2.75, 3.05) is 0 Å². The molecule has 3 aromatic rings. The van der Waals surface area contributed by atoms with Crippen LogP contribution < -0.4 is 0 Å². The molecule has 0 N–H and O–H groups in total. The third-order valence-corrected chi connectivity index (χ3v) is 5.64. The van der Waals surface area contributed by atoms with Gasteiger partial charge in [0.1, 0.15) is 5.57 Å². The average molecular weight is 458 g/mol. The SMILES string of the molecule is O=C1C(=Cc2ccc([N+](=O)[O-])cc2)C(=O)N(Cc2ccccc2)C(=S)N1Cc1ccccc1. The van der Waals surface area contributed by atoms with E-state index in [0.717, 1.165) is 11.1 Å². The maximum absolute atomic E-state index is 13.3. The fraction of sp³-hybridized carbons (Fsp3) is 0.0800. The fourth-order valence-corrected chi connectivity index (χ4v) is 3.79. The van der Waals surface area contributed by atoms with E-state index in [0.29, 0.717) is 5.56 Å². The average Bonchev–Trinajstić information content (AvgIpc) is 2.84. The van der Waals surface area contributed by atoms with Crippen LogP contribution in [0.1, 0.15) is 16.7 Å². The van der Waals surface area contributed by atoms with Gasteiger partial charge < -0.3 is 0 Å². The summed E-state index contributed by atoms with van der Waals surface area (Å²) in [5, 5.41) is 11.1. The summed E-state index contributed by atoms with van der Waals surface area (Å²) in [5.41, 5.74) is 2.12. The second kappa shape index (κ2) is 9.54. The first kappa shape index (κ1) is 22.0. The number of benzene rings is 3. The second-order valence-corrected chi connectivity index (χ2v) is 7.81. The topological polar surface area (TPSA) is 83.8 Å². The molecule has 1 heterocycles. The number of amides is 2. The highest BCUT2D eigenvalue weighted by molar-refractivity contribution is 7.80. The molecular weight excluding hydrogens is 438 g/mol. The molecular formula is C25H19N3O4S. The summed E-state index contributed by atoms with van der Waals surface area (Å²) in [6.07, 6.45) is 1.45. The van der Waals surface area contributed by atoms with Crippen LogP contribution in [0.2, 0.25) is 0 Å². The molecule has 7 nitrogen and oxygen atoms in total. The number of non-ortho nitro benzene ring substituents is 1. The highest BCUT2D eigenvalue weighted by atomic mass is 32.1. The normalized spacial score (nSPS) is 13.9. The predicted octanol–water partition coefficient (Wildman–Crippen LogP) is 4.33. The van der Waals surface area contributed by atoms with Gasteiger partial charge in [-0.25, -0.2) is 0 Å². The summed E-state index contributed by atoms with van der Waals surface area (Å²) in [6, 6.07) is 24.4. The molecule has 0 spiro atoms. The highest BCUT2D eigenvalue weighted by Crippen LogP contribution is 2.25. The molecule has 0 unspecified atom stereocenters. The van der Waals surface area contributed by atoms with Crippen molar-refractivity contribution in [2.45, 2.75) is 13.1 Å². The third kappa shape index (κ3) is 4.86. The molecule has 1 fully saturated rings. The summed E-state index contributed by atoms with van der Waals surface area (Å²) in [7, 11) is 0. The monoisotopic (exact) mass is 457 g/mol. The molecule has 2 amide bonds. The van der Waals surface area contributed by atoms with Gasteiger partial charge in [-0.3, -0.25) is 29.5 Å². The van der Waals surface area contributed by atoms with E-state index < -0.39 is 16.7 Å². The van der Waals surface area contributed by atoms with Crippen molar-refractivity contribution >= 4 is 40.9 Å². The van der Waals surface area contributed by atoms with Gasteiger partial charge in [0.05, 0.1) is 18.0 Å².